The van der Waals surface area contributed by atoms with Crippen molar-refractivity contribution < 1.29 is 14.8 Å². The average Bonchev–Trinajstić information content (AvgIpc) is 2.38. The minimum Gasteiger partial charge on any atom is -0.478 e. The normalized spacial score (nSPS) is 8.84. The molecule has 0 aliphatic carbocycles. The Bertz CT molecular complexity index is 623. The molecular weight excluding hydrogens is 252 g/mol. The van der Waals surface area contributed by atoms with Crippen molar-refractivity contribution in [1.29, 1.82) is 0 Å². The monoisotopic (exact) mass is 260 g/mol. The first kappa shape index (κ1) is 14.0. The minimum absolute atomic E-state index is 0.121. The quantitative estimate of drug-likeness (QED) is 0.169. The first-order valence-electron chi connectivity index (χ1n) is 5.07. The van der Waals surface area contributed by atoms with Crippen LogP contribution in [0.15, 0.2) is 23.3 Å². The molecule has 0 atom stereocenters. The Balaban J connectivity index is 3.03. The molecule has 0 saturated carbocycles. The van der Waals surface area contributed by atoms with Crippen LogP contribution in [0.2, 0.25) is 0 Å². The van der Waals surface area contributed by atoms with Crippen LogP contribution < -0.4 is 0 Å². The molecule has 0 amide bonds. The molecule has 1 N–H and O–H groups in total. The molecular formula is C11H8N4O4. The Hall–Kier alpha value is -3.04. The Kier molecular flexibility index (Phi) is 4.90. The van der Waals surface area contributed by atoms with Gasteiger partial charge in [-0.05, 0) is 17.7 Å². The van der Waals surface area contributed by atoms with Crippen molar-refractivity contribution in [3.63, 3.8) is 0 Å². The summed E-state index contributed by atoms with van der Waals surface area (Å²) in [5.41, 5.74) is 7.63. The van der Waals surface area contributed by atoms with Crippen molar-refractivity contribution in [3.8, 4) is 11.8 Å². The fourth-order valence-corrected chi connectivity index (χ4v) is 1.23. The number of hydrogen-bond donors (Lipinski definition) is 1. The van der Waals surface area contributed by atoms with E-state index in [2.05, 4.69) is 21.9 Å². The van der Waals surface area contributed by atoms with Crippen molar-refractivity contribution in [2.24, 2.45) is 5.11 Å². The summed E-state index contributed by atoms with van der Waals surface area (Å²) in [6.07, 6.45) is 0.266. The molecule has 0 fully saturated rings. The number of azide groups is 1. The number of nitro benzene ring substituents is 1. The summed E-state index contributed by atoms with van der Waals surface area (Å²) in [6, 6.07) is 3.48. The molecule has 0 radical (unpaired) electrons. The standard InChI is InChI=1S/C11H8N4O4/c12-14-13-6-2-1-3-8-4-5-9(11(16)17)7-10(8)15(18)19/h4-5,7H,2,6H2,(H,16,17). The van der Waals surface area contributed by atoms with E-state index in [-0.39, 0.29) is 29.8 Å². The molecule has 1 rings (SSSR count). The van der Waals surface area contributed by atoms with E-state index in [1.165, 1.54) is 12.1 Å². The van der Waals surface area contributed by atoms with Gasteiger partial charge in [0.2, 0.25) is 0 Å². The number of hydrogen-bond acceptors (Lipinski definition) is 4. The SMILES string of the molecule is [N-]=[N+]=NCCC#Cc1ccc(C(=O)O)cc1[N+](=O)[O-]. The van der Waals surface area contributed by atoms with Crippen LogP contribution in [0.25, 0.3) is 10.4 Å². The first-order chi connectivity index (χ1) is 9.06. The van der Waals surface area contributed by atoms with Gasteiger partial charge >= 0.3 is 5.97 Å². The molecule has 8 heteroatoms. The van der Waals surface area contributed by atoms with Crippen molar-refractivity contribution in [2.45, 2.75) is 6.42 Å². The third-order valence-corrected chi connectivity index (χ3v) is 2.06. The molecule has 0 saturated heterocycles. The minimum atomic E-state index is -1.24. The van der Waals surface area contributed by atoms with Gasteiger partial charge in [0.05, 0.1) is 10.5 Å². The van der Waals surface area contributed by atoms with Gasteiger partial charge in [0, 0.05) is 23.9 Å². The van der Waals surface area contributed by atoms with Crippen molar-refractivity contribution in [3.05, 3.63) is 49.9 Å². The summed E-state index contributed by atoms with van der Waals surface area (Å²) in [5, 5.41) is 22.8. The van der Waals surface area contributed by atoms with Crippen LogP contribution in [0.1, 0.15) is 22.3 Å². The second-order valence-electron chi connectivity index (χ2n) is 3.30. The molecule has 0 heterocycles. The van der Waals surface area contributed by atoms with Crippen LogP contribution in [0.4, 0.5) is 5.69 Å². The van der Waals surface area contributed by atoms with Crippen LogP contribution in [0.3, 0.4) is 0 Å². The maximum Gasteiger partial charge on any atom is 0.335 e. The number of carbonyl (C=O) groups is 1. The Morgan fingerprint density at radius 2 is 2.32 bits per heavy atom. The molecule has 0 aliphatic heterocycles. The molecule has 1 aromatic rings. The van der Waals surface area contributed by atoms with Crippen molar-refractivity contribution in [1.82, 2.24) is 0 Å². The van der Waals surface area contributed by atoms with E-state index in [4.69, 9.17) is 10.6 Å². The molecule has 0 bridgehead atoms. The van der Waals surface area contributed by atoms with Crippen LogP contribution in [-0.2, 0) is 0 Å². The molecule has 1 aromatic carbocycles. The molecule has 0 spiro atoms. The Labute approximate surface area is 107 Å². The zero-order valence-corrected chi connectivity index (χ0v) is 9.61. The third-order valence-electron chi connectivity index (χ3n) is 2.06. The summed E-state index contributed by atoms with van der Waals surface area (Å²) in [4.78, 5) is 23.4. The average molecular weight is 260 g/mol. The molecule has 0 aliphatic rings. The summed E-state index contributed by atoms with van der Waals surface area (Å²) in [5.74, 6) is 3.92. The van der Waals surface area contributed by atoms with Gasteiger partial charge in [-0.3, -0.25) is 10.1 Å². The Morgan fingerprint density at radius 3 is 2.89 bits per heavy atom. The highest BCUT2D eigenvalue weighted by Crippen LogP contribution is 2.19. The van der Waals surface area contributed by atoms with Gasteiger partial charge in [0.15, 0.2) is 0 Å². The largest absolute Gasteiger partial charge is 0.478 e. The number of nitro groups is 1. The van der Waals surface area contributed by atoms with Gasteiger partial charge in [-0.2, -0.15) is 0 Å². The summed E-state index contributed by atoms with van der Waals surface area (Å²) < 4.78 is 0. The van der Waals surface area contributed by atoms with Gasteiger partial charge in [-0.1, -0.05) is 17.0 Å². The second-order valence-corrected chi connectivity index (χ2v) is 3.30. The predicted molar refractivity (Wildman–Crippen MR) is 65.6 cm³/mol. The van der Waals surface area contributed by atoms with Crippen LogP contribution >= 0.6 is 0 Å². The highest BCUT2D eigenvalue weighted by molar-refractivity contribution is 5.88. The van der Waals surface area contributed by atoms with Crippen molar-refractivity contribution in [2.75, 3.05) is 6.54 Å². The lowest BCUT2D eigenvalue weighted by Gasteiger charge is -1.97. The van der Waals surface area contributed by atoms with Crippen LogP contribution in [0.5, 0.6) is 0 Å². The van der Waals surface area contributed by atoms with Crippen molar-refractivity contribution >= 4 is 11.7 Å². The fraction of sp³-hybridized carbons (Fsp3) is 0.182. The van der Waals surface area contributed by atoms with Gasteiger partial charge < -0.3 is 5.11 Å². The van der Waals surface area contributed by atoms with Crippen LogP contribution in [-0.4, -0.2) is 22.5 Å². The summed E-state index contributed by atoms with van der Waals surface area (Å²) in [6.45, 7) is 0.171. The third kappa shape index (κ3) is 4.03. The molecule has 0 aromatic heterocycles. The lowest BCUT2D eigenvalue weighted by Crippen LogP contribution is -1.99. The molecule has 19 heavy (non-hydrogen) atoms. The number of nitrogens with zero attached hydrogens (tertiary/aromatic N) is 4. The summed E-state index contributed by atoms with van der Waals surface area (Å²) in [7, 11) is 0. The van der Waals surface area contributed by atoms with E-state index in [1.807, 2.05) is 0 Å². The number of carboxylic acid groups (broad SMARTS) is 1. The smallest absolute Gasteiger partial charge is 0.335 e. The summed E-state index contributed by atoms with van der Waals surface area (Å²) >= 11 is 0. The zero-order valence-electron chi connectivity index (χ0n) is 9.61. The topological polar surface area (TPSA) is 129 Å². The highest BCUT2D eigenvalue weighted by atomic mass is 16.6. The second kappa shape index (κ2) is 6.64. The number of aromatic carboxylic acids is 1. The lowest BCUT2D eigenvalue weighted by molar-refractivity contribution is -0.385. The van der Waals surface area contributed by atoms with Gasteiger partial charge in [-0.15, -0.1) is 0 Å². The molecule has 96 valence electrons. The Morgan fingerprint density at radius 1 is 1.58 bits per heavy atom. The van der Waals surface area contributed by atoms with Gasteiger partial charge in [0.1, 0.15) is 5.56 Å². The van der Waals surface area contributed by atoms with E-state index in [0.29, 0.717) is 0 Å². The predicted octanol–water partition coefficient (Wildman–Crippen LogP) is 2.34. The highest BCUT2D eigenvalue weighted by Gasteiger charge is 2.15. The van der Waals surface area contributed by atoms with E-state index in [1.54, 1.807) is 0 Å². The lowest BCUT2D eigenvalue weighted by atomic mass is 10.1. The molecule has 0 unspecified atom stereocenters. The fourth-order valence-electron chi connectivity index (χ4n) is 1.23. The van der Waals surface area contributed by atoms with E-state index >= 15 is 0 Å². The zero-order chi connectivity index (χ0) is 14.3. The number of carboxylic acids is 1. The van der Waals surface area contributed by atoms with Gasteiger partial charge in [-0.25, -0.2) is 4.79 Å². The first-order valence-corrected chi connectivity index (χ1v) is 5.07. The number of rotatable bonds is 4. The maximum absolute atomic E-state index is 10.8. The van der Waals surface area contributed by atoms with E-state index < -0.39 is 10.9 Å². The van der Waals surface area contributed by atoms with E-state index in [9.17, 15) is 14.9 Å². The number of benzene rings is 1. The van der Waals surface area contributed by atoms with Gasteiger partial charge in [0.25, 0.3) is 5.69 Å². The van der Waals surface area contributed by atoms with Crippen LogP contribution in [0, 0.1) is 22.0 Å². The molecule has 8 nitrogen and oxygen atoms in total. The van der Waals surface area contributed by atoms with E-state index in [0.717, 1.165) is 6.07 Å². The maximum atomic E-state index is 10.8.